The molecule has 5 rings (SSSR count). The second-order valence-electron chi connectivity index (χ2n) is 7.62. The van der Waals surface area contributed by atoms with E-state index in [1.165, 1.54) is 6.07 Å². The van der Waals surface area contributed by atoms with E-state index in [0.717, 1.165) is 32.8 Å². The lowest BCUT2D eigenvalue weighted by molar-refractivity contribution is 0.0957. The third kappa shape index (κ3) is 4.01. The van der Waals surface area contributed by atoms with Gasteiger partial charge < -0.3 is 4.57 Å². The molecule has 1 amide bonds. The van der Waals surface area contributed by atoms with Crippen molar-refractivity contribution >= 4 is 33.8 Å². The average Bonchev–Trinajstić information content (AvgIpc) is 3.20. The normalized spacial score (nSPS) is 11.4. The van der Waals surface area contributed by atoms with Crippen LogP contribution in [0.1, 0.15) is 21.5 Å². The van der Waals surface area contributed by atoms with E-state index in [1.54, 1.807) is 24.4 Å². The fraction of sp³-hybridized carbons (Fsp3) is 0.0370. The molecule has 0 radical (unpaired) electrons. The molecule has 5 heteroatoms. The van der Waals surface area contributed by atoms with Gasteiger partial charge in [-0.3, -0.25) is 4.79 Å². The molecule has 0 atom stereocenters. The summed E-state index contributed by atoms with van der Waals surface area (Å²) in [6, 6.07) is 28.0. The van der Waals surface area contributed by atoms with Crippen molar-refractivity contribution in [2.75, 3.05) is 0 Å². The summed E-state index contributed by atoms with van der Waals surface area (Å²) < 4.78 is 15.5. The highest BCUT2D eigenvalue weighted by Crippen LogP contribution is 2.20. The largest absolute Gasteiger partial charge is 0.343 e. The molecular weight excluding hydrogens is 401 g/mol. The summed E-state index contributed by atoms with van der Waals surface area (Å²) in [5.41, 5.74) is 6.04. The molecule has 0 fully saturated rings. The second-order valence-corrected chi connectivity index (χ2v) is 7.62. The van der Waals surface area contributed by atoms with Crippen LogP contribution in [0.5, 0.6) is 0 Å². The Morgan fingerprint density at radius 3 is 2.66 bits per heavy atom. The number of aromatic nitrogens is 1. The predicted molar refractivity (Wildman–Crippen MR) is 126 cm³/mol. The van der Waals surface area contributed by atoms with Crippen molar-refractivity contribution in [1.82, 2.24) is 9.99 Å². The van der Waals surface area contributed by atoms with Gasteiger partial charge in [-0.1, -0.05) is 54.6 Å². The zero-order valence-electron chi connectivity index (χ0n) is 17.2. The topological polar surface area (TPSA) is 46.4 Å². The number of amides is 1. The van der Waals surface area contributed by atoms with E-state index in [9.17, 15) is 9.18 Å². The van der Waals surface area contributed by atoms with Gasteiger partial charge in [-0.15, -0.1) is 0 Å². The predicted octanol–water partition coefficient (Wildman–Crippen LogP) is 5.75. The van der Waals surface area contributed by atoms with Crippen LogP contribution in [0.15, 0.2) is 102 Å². The molecule has 0 bridgehead atoms. The van der Waals surface area contributed by atoms with E-state index in [1.807, 2.05) is 72.9 Å². The summed E-state index contributed by atoms with van der Waals surface area (Å²) in [6.45, 7) is 0.593. The molecule has 4 nitrogen and oxygen atoms in total. The Morgan fingerprint density at radius 2 is 1.75 bits per heavy atom. The number of rotatable bonds is 5. The summed E-state index contributed by atoms with van der Waals surface area (Å²) in [4.78, 5) is 12.6. The van der Waals surface area contributed by atoms with Crippen LogP contribution in [0.4, 0.5) is 4.39 Å². The molecule has 4 aromatic carbocycles. The number of benzene rings is 4. The minimum Gasteiger partial charge on any atom is -0.343 e. The first-order valence-corrected chi connectivity index (χ1v) is 10.3. The van der Waals surface area contributed by atoms with E-state index in [-0.39, 0.29) is 11.7 Å². The first-order chi connectivity index (χ1) is 15.7. The highest BCUT2D eigenvalue weighted by molar-refractivity contribution is 6.07. The lowest BCUT2D eigenvalue weighted by Gasteiger charge is -2.06. The van der Waals surface area contributed by atoms with Gasteiger partial charge in [-0.05, 0) is 58.3 Å². The lowest BCUT2D eigenvalue weighted by atomic mass is 10.0. The third-order valence-electron chi connectivity index (χ3n) is 5.45. The van der Waals surface area contributed by atoms with Crippen molar-refractivity contribution in [1.29, 1.82) is 0 Å². The lowest BCUT2D eigenvalue weighted by Crippen LogP contribution is -2.17. The number of fused-ring (bicyclic) bond motifs is 2. The number of hydrazone groups is 1. The van der Waals surface area contributed by atoms with Gasteiger partial charge in [0.2, 0.25) is 0 Å². The Labute approximate surface area is 184 Å². The van der Waals surface area contributed by atoms with Gasteiger partial charge in [-0.2, -0.15) is 5.10 Å². The fourth-order valence-corrected chi connectivity index (χ4v) is 3.92. The SMILES string of the molecule is O=C(N/N=C/c1ccc2c(ccn2Cc2cccc(F)c2)c1)c1cccc2ccccc12. The number of carbonyl (C=O) groups is 1. The molecule has 0 aliphatic rings. The van der Waals surface area contributed by atoms with Crippen LogP contribution < -0.4 is 5.43 Å². The van der Waals surface area contributed by atoms with Gasteiger partial charge in [-0.25, -0.2) is 9.82 Å². The van der Waals surface area contributed by atoms with Crippen molar-refractivity contribution in [3.05, 3.63) is 120 Å². The van der Waals surface area contributed by atoms with Crippen LogP contribution in [0.25, 0.3) is 21.7 Å². The maximum absolute atomic E-state index is 13.5. The number of carbonyl (C=O) groups excluding carboxylic acids is 1. The van der Waals surface area contributed by atoms with Gasteiger partial charge in [0, 0.05) is 29.2 Å². The zero-order chi connectivity index (χ0) is 21.9. The molecule has 0 aliphatic heterocycles. The fourth-order valence-electron chi connectivity index (χ4n) is 3.92. The average molecular weight is 421 g/mol. The highest BCUT2D eigenvalue weighted by Gasteiger charge is 2.08. The van der Waals surface area contributed by atoms with E-state index < -0.39 is 0 Å². The molecule has 1 heterocycles. The summed E-state index contributed by atoms with van der Waals surface area (Å²) in [7, 11) is 0. The highest BCUT2D eigenvalue weighted by atomic mass is 19.1. The number of hydrogen-bond acceptors (Lipinski definition) is 2. The molecule has 1 aromatic heterocycles. The summed E-state index contributed by atoms with van der Waals surface area (Å²) in [5, 5.41) is 7.09. The number of hydrogen-bond donors (Lipinski definition) is 1. The first-order valence-electron chi connectivity index (χ1n) is 10.3. The van der Waals surface area contributed by atoms with E-state index in [2.05, 4.69) is 15.1 Å². The third-order valence-corrected chi connectivity index (χ3v) is 5.45. The molecule has 1 N–H and O–H groups in total. The molecule has 0 saturated carbocycles. The van der Waals surface area contributed by atoms with Crippen molar-refractivity contribution in [2.24, 2.45) is 5.10 Å². The number of nitrogens with one attached hydrogen (secondary N) is 1. The Morgan fingerprint density at radius 1 is 0.906 bits per heavy atom. The monoisotopic (exact) mass is 421 g/mol. The van der Waals surface area contributed by atoms with Crippen molar-refractivity contribution in [3.8, 4) is 0 Å². The Balaban J connectivity index is 1.31. The van der Waals surface area contributed by atoms with Crippen LogP contribution in [0, 0.1) is 5.82 Å². The molecule has 0 spiro atoms. The Bertz CT molecular complexity index is 1460. The molecular formula is C27H20FN3O. The minimum atomic E-state index is -0.250. The van der Waals surface area contributed by atoms with Gasteiger partial charge in [0.1, 0.15) is 5.82 Å². The molecule has 0 aliphatic carbocycles. The maximum Gasteiger partial charge on any atom is 0.271 e. The number of nitrogens with zero attached hydrogens (tertiary/aromatic N) is 2. The summed E-state index contributed by atoms with van der Waals surface area (Å²) in [5.74, 6) is -0.483. The van der Waals surface area contributed by atoms with Gasteiger partial charge in [0.25, 0.3) is 5.91 Å². The molecule has 156 valence electrons. The van der Waals surface area contributed by atoms with Crippen molar-refractivity contribution in [2.45, 2.75) is 6.54 Å². The van der Waals surface area contributed by atoms with Gasteiger partial charge >= 0.3 is 0 Å². The quantitative estimate of drug-likeness (QED) is 0.285. The number of halogens is 1. The molecule has 0 saturated heterocycles. The van der Waals surface area contributed by atoms with Gasteiger partial charge in [0.05, 0.1) is 6.21 Å². The zero-order valence-corrected chi connectivity index (χ0v) is 17.2. The van der Waals surface area contributed by atoms with Crippen LogP contribution in [-0.4, -0.2) is 16.7 Å². The first kappa shape index (κ1) is 19.7. The Kier molecular flexibility index (Phi) is 5.22. The summed E-state index contributed by atoms with van der Waals surface area (Å²) >= 11 is 0. The van der Waals surface area contributed by atoms with Crippen molar-refractivity contribution in [3.63, 3.8) is 0 Å². The van der Waals surface area contributed by atoms with Crippen molar-refractivity contribution < 1.29 is 9.18 Å². The maximum atomic E-state index is 13.5. The van der Waals surface area contributed by atoms with Crippen LogP contribution in [0.2, 0.25) is 0 Å². The van der Waals surface area contributed by atoms with Gasteiger partial charge in [0.15, 0.2) is 0 Å². The van der Waals surface area contributed by atoms with Crippen LogP contribution >= 0.6 is 0 Å². The molecule has 5 aromatic rings. The molecule has 0 unspecified atom stereocenters. The summed E-state index contributed by atoms with van der Waals surface area (Å²) in [6.07, 6.45) is 3.62. The second kappa shape index (κ2) is 8.47. The smallest absolute Gasteiger partial charge is 0.271 e. The minimum absolute atomic E-state index is 0.233. The Hall–Kier alpha value is -4.25. The molecule has 32 heavy (non-hydrogen) atoms. The van der Waals surface area contributed by atoms with E-state index >= 15 is 0 Å². The standard InChI is InChI=1S/C27H20FN3O/c28-23-8-3-5-20(16-23)18-31-14-13-22-15-19(11-12-26(22)31)17-29-30-27(32)25-10-4-7-21-6-1-2-9-24(21)25/h1-17H,18H2,(H,30,32)/b29-17+. The van der Waals surface area contributed by atoms with Crippen LogP contribution in [0.3, 0.4) is 0 Å². The van der Waals surface area contributed by atoms with Crippen LogP contribution in [-0.2, 0) is 6.54 Å². The van der Waals surface area contributed by atoms with E-state index in [4.69, 9.17) is 0 Å². The van der Waals surface area contributed by atoms with E-state index in [0.29, 0.717) is 12.1 Å².